The molecule has 0 unspecified atom stereocenters. The van der Waals surface area contributed by atoms with Crippen LogP contribution in [0.1, 0.15) is 5.82 Å². The summed E-state index contributed by atoms with van der Waals surface area (Å²) in [5, 5.41) is 9.24. The summed E-state index contributed by atoms with van der Waals surface area (Å²) in [6.07, 6.45) is 0. The molecule has 4 nitrogen and oxygen atoms in total. The SMILES string of the molecule is CNCc1noc(-c2cccc3ccccc23)n1. The molecule has 0 aliphatic carbocycles. The van der Waals surface area contributed by atoms with Gasteiger partial charge in [0.2, 0.25) is 0 Å². The molecule has 3 aromatic rings. The average molecular weight is 239 g/mol. The Bertz CT molecular complexity index is 670. The van der Waals surface area contributed by atoms with Gasteiger partial charge < -0.3 is 9.84 Å². The second-order valence-corrected chi connectivity index (χ2v) is 4.07. The molecular weight excluding hydrogens is 226 g/mol. The third-order valence-electron chi connectivity index (χ3n) is 2.82. The molecule has 1 heterocycles. The lowest BCUT2D eigenvalue weighted by Gasteiger charge is -2.01. The average Bonchev–Trinajstić information content (AvgIpc) is 2.87. The first-order valence-electron chi connectivity index (χ1n) is 5.84. The fourth-order valence-electron chi connectivity index (χ4n) is 2.01. The van der Waals surface area contributed by atoms with E-state index < -0.39 is 0 Å². The van der Waals surface area contributed by atoms with Gasteiger partial charge in [-0.3, -0.25) is 0 Å². The van der Waals surface area contributed by atoms with Gasteiger partial charge in [0, 0.05) is 5.56 Å². The van der Waals surface area contributed by atoms with Gasteiger partial charge >= 0.3 is 0 Å². The van der Waals surface area contributed by atoms with Gasteiger partial charge in [0.05, 0.1) is 6.54 Å². The van der Waals surface area contributed by atoms with Crippen LogP contribution in [-0.4, -0.2) is 17.2 Å². The third-order valence-corrected chi connectivity index (χ3v) is 2.82. The third kappa shape index (κ3) is 1.87. The topological polar surface area (TPSA) is 51.0 Å². The fourth-order valence-corrected chi connectivity index (χ4v) is 2.01. The van der Waals surface area contributed by atoms with Crippen LogP contribution in [0.4, 0.5) is 0 Å². The standard InChI is InChI=1S/C14H13N3O/c1-15-9-13-16-14(18-17-13)12-8-4-6-10-5-2-3-7-11(10)12/h2-8,15H,9H2,1H3. The van der Waals surface area contributed by atoms with E-state index in [1.807, 2.05) is 31.3 Å². The van der Waals surface area contributed by atoms with Crippen molar-refractivity contribution in [1.82, 2.24) is 15.5 Å². The van der Waals surface area contributed by atoms with E-state index in [-0.39, 0.29) is 0 Å². The zero-order chi connectivity index (χ0) is 12.4. The van der Waals surface area contributed by atoms with E-state index in [2.05, 4.69) is 33.7 Å². The van der Waals surface area contributed by atoms with Gasteiger partial charge in [-0.15, -0.1) is 0 Å². The lowest BCUT2D eigenvalue weighted by Crippen LogP contribution is -2.06. The van der Waals surface area contributed by atoms with Gasteiger partial charge in [-0.05, 0) is 23.9 Å². The summed E-state index contributed by atoms with van der Waals surface area (Å²) in [5.74, 6) is 1.23. The van der Waals surface area contributed by atoms with Crippen LogP contribution >= 0.6 is 0 Å². The van der Waals surface area contributed by atoms with E-state index in [1.54, 1.807) is 0 Å². The number of benzene rings is 2. The van der Waals surface area contributed by atoms with E-state index in [0.29, 0.717) is 18.3 Å². The molecule has 0 fully saturated rings. The zero-order valence-electron chi connectivity index (χ0n) is 10.1. The molecule has 18 heavy (non-hydrogen) atoms. The molecule has 0 spiro atoms. The quantitative estimate of drug-likeness (QED) is 0.763. The number of hydrogen-bond donors (Lipinski definition) is 1. The van der Waals surface area contributed by atoms with Crippen LogP contribution in [0.5, 0.6) is 0 Å². The summed E-state index contributed by atoms with van der Waals surface area (Å²) in [5.41, 5.74) is 0.975. The van der Waals surface area contributed by atoms with Gasteiger partial charge in [0.1, 0.15) is 0 Å². The molecule has 1 N–H and O–H groups in total. The highest BCUT2D eigenvalue weighted by Crippen LogP contribution is 2.27. The second kappa shape index (κ2) is 4.58. The minimum absolute atomic E-state index is 0.567. The molecule has 1 aromatic heterocycles. The molecule has 3 rings (SSSR count). The lowest BCUT2D eigenvalue weighted by atomic mass is 10.0. The number of nitrogens with zero attached hydrogens (tertiary/aromatic N) is 2. The first-order valence-corrected chi connectivity index (χ1v) is 5.84. The van der Waals surface area contributed by atoms with E-state index in [1.165, 1.54) is 5.39 Å². The number of rotatable bonds is 3. The summed E-state index contributed by atoms with van der Waals surface area (Å²) < 4.78 is 5.31. The molecule has 0 bridgehead atoms. The molecule has 0 aliphatic heterocycles. The van der Waals surface area contributed by atoms with Gasteiger partial charge in [0.15, 0.2) is 5.82 Å². The Hall–Kier alpha value is -2.20. The Labute approximate surface area is 105 Å². The number of fused-ring (bicyclic) bond motifs is 1. The predicted molar refractivity (Wildman–Crippen MR) is 70.0 cm³/mol. The van der Waals surface area contributed by atoms with Gasteiger partial charge in [-0.2, -0.15) is 4.98 Å². The molecule has 0 radical (unpaired) electrons. The van der Waals surface area contributed by atoms with Crippen molar-refractivity contribution < 1.29 is 4.52 Å². The van der Waals surface area contributed by atoms with E-state index in [0.717, 1.165) is 10.9 Å². The minimum atomic E-state index is 0.567. The highest BCUT2D eigenvalue weighted by Gasteiger charge is 2.10. The Morgan fingerprint density at radius 2 is 1.94 bits per heavy atom. The van der Waals surface area contributed by atoms with Gasteiger partial charge in [-0.25, -0.2) is 0 Å². The van der Waals surface area contributed by atoms with Crippen molar-refractivity contribution in [3.8, 4) is 11.5 Å². The van der Waals surface area contributed by atoms with Gasteiger partial charge in [0.25, 0.3) is 5.89 Å². The van der Waals surface area contributed by atoms with Crippen molar-refractivity contribution in [2.75, 3.05) is 7.05 Å². The molecule has 0 atom stereocenters. The first-order chi connectivity index (χ1) is 8.88. The normalized spacial score (nSPS) is 10.9. The van der Waals surface area contributed by atoms with E-state index in [4.69, 9.17) is 4.52 Å². The summed E-state index contributed by atoms with van der Waals surface area (Å²) in [7, 11) is 1.86. The van der Waals surface area contributed by atoms with Crippen LogP contribution in [0.15, 0.2) is 47.0 Å². The number of hydrogen-bond acceptors (Lipinski definition) is 4. The fraction of sp³-hybridized carbons (Fsp3) is 0.143. The number of nitrogens with one attached hydrogen (secondary N) is 1. The first kappa shape index (κ1) is 10.9. The van der Waals surface area contributed by atoms with Crippen molar-refractivity contribution >= 4 is 10.8 Å². The Morgan fingerprint density at radius 3 is 2.83 bits per heavy atom. The maximum Gasteiger partial charge on any atom is 0.258 e. The van der Waals surface area contributed by atoms with Crippen LogP contribution in [0.3, 0.4) is 0 Å². The van der Waals surface area contributed by atoms with Gasteiger partial charge in [-0.1, -0.05) is 41.6 Å². The number of aromatic nitrogens is 2. The lowest BCUT2D eigenvalue weighted by molar-refractivity contribution is 0.421. The maximum atomic E-state index is 5.31. The molecule has 0 amide bonds. The van der Waals surface area contributed by atoms with Crippen LogP contribution in [-0.2, 0) is 6.54 Å². The summed E-state index contributed by atoms with van der Waals surface area (Å²) >= 11 is 0. The summed E-state index contributed by atoms with van der Waals surface area (Å²) in [6.45, 7) is 0.605. The smallest absolute Gasteiger partial charge is 0.258 e. The molecule has 0 saturated carbocycles. The largest absolute Gasteiger partial charge is 0.334 e. The molecule has 90 valence electrons. The second-order valence-electron chi connectivity index (χ2n) is 4.07. The van der Waals surface area contributed by atoms with Crippen LogP contribution in [0.2, 0.25) is 0 Å². The predicted octanol–water partition coefficient (Wildman–Crippen LogP) is 2.61. The molecule has 2 aromatic carbocycles. The van der Waals surface area contributed by atoms with Crippen molar-refractivity contribution in [3.05, 3.63) is 48.3 Å². The van der Waals surface area contributed by atoms with Crippen molar-refractivity contribution in [2.45, 2.75) is 6.54 Å². The highest BCUT2D eigenvalue weighted by atomic mass is 16.5. The molecule has 4 heteroatoms. The zero-order valence-corrected chi connectivity index (χ0v) is 10.1. The van der Waals surface area contributed by atoms with Crippen molar-refractivity contribution in [3.63, 3.8) is 0 Å². The van der Waals surface area contributed by atoms with E-state index >= 15 is 0 Å². The van der Waals surface area contributed by atoms with Crippen LogP contribution < -0.4 is 5.32 Å². The molecule has 0 aliphatic rings. The van der Waals surface area contributed by atoms with Crippen molar-refractivity contribution in [1.29, 1.82) is 0 Å². The summed E-state index contributed by atoms with van der Waals surface area (Å²) in [6, 6.07) is 14.2. The van der Waals surface area contributed by atoms with Crippen molar-refractivity contribution in [2.24, 2.45) is 0 Å². The monoisotopic (exact) mass is 239 g/mol. The minimum Gasteiger partial charge on any atom is -0.334 e. The van der Waals surface area contributed by atoms with E-state index in [9.17, 15) is 0 Å². The summed E-state index contributed by atoms with van der Waals surface area (Å²) in [4.78, 5) is 4.38. The Morgan fingerprint density at radius 1 is 1.11 bits per heavy atom. The van der Waals surface area contributed by atoms with Crippen LogP contribution in [0.25, 0.3) is 22.2 Å². The van der Waals surface area contributed by atoms with Crippen LogP contribution in [0, 0.1) is 0 Å². The highest BCUT2D eigenvalue weighted by molar-refractivity contribution is 5.94. The molecule has 0 saturated heterocycles. The Kier molecular flexibility index (Phi) is 2.78. The Balaban J connectivity index is 2.12. The molecular formula is C14H13N3O. The maximum absolute atomic E-state index is 5.31.